The second-order valence-corrected chi connectivity index (χ2v) is 5.12. The highest BCUT2D eigenvalue weighted by molar-refractivity contribution is 7.90. The SMILES string of the molecule is C#CC#CCNS(=O)(=O)C(N)Cc1cnc[nH]1. The number of rotatable bonds is 5. The van der Waals surface area contributed by atoms with E-state index in [1.165, 1.54) is 12.5 Å². The average Bonchev–Trinajstić information content (AvgIpc) is 2.77. The van der Waals surface area contributed by atoms with Crippen LogP contribution in [0, 0.1) is 24.2 Å². The molecule has 0 radical (unpaired) electrons. The van der Waals surface area contributed by atoms with Crippen molar-refractivity contribution in [3.05, 3.63) is 18.2 Å². The Kier molecular flexibility index (Phi) is 4.73. The maximum atomic E-state index is 11.6. The Morgan fingerprint density at radius 2 is 2.41 bits per heavy atom. The third kappa shape index (κ3) is 4.29. The molecule has 1 atom stereocenters. The zero-order valence-corrected chi connectivity index (χ0v) is 9.79. The fourth-order valence-corrected chi connectivity index (χ4v) is 1.95. The van der Waals surface area contributed by atoms with E-state index in [0.717, 1.165) is 0 Å². The van der Waals surface area contributed by atoms with E-state index in [4.69, 9.17) is 12.2 Å². The molecular weight excluding hydrogens is 240 g/mol. The number of hydrogen-bond donors (Lipinski definition) is 3. The van der Waals surface area contributed by atoms with Crippen LogP contribution >= 0.6 is 0 Å². The maximum Gasteiger partial charge on any atom is 0.228 e. The molecule has 0 fully saturated rings. The molecule has 0 aromatic carbocycles. The highest BCUT2D eigenvalue weighted by Crippen LogP contribution is 2.01. The molecule has 1 heterocycles. The molecule has 0 amide bonds. The number of terminal acetylenes is 1. The van der Waals surface area contributed by atoms with Crippen LogP contribution in [0.2, 0.25) is 0 Å². The van der Waals surface area contributed by atoms with Crippen LogP contribution in [0.5, 0.6) is 0 Å². The Hall–Kier alpha value is -1.80. The lowest BCUT2D eigenvalue weighted by Gasteiger charge is -2.11. The molecule has 0 aliphatic rings. The number of aromatic amines is 1. The first-order valence-corrected chi connectivity index (χ1v) is 6.25. The first-order chi connectivity index (χ1) is 8.06. The molecule has 0 spiro atoms. The largest absolute Gasteiger partial charge is 0.348 e. The van der Waals surface area contributed by atoms with Crippen molar-refractivity contribution in [3.63, 3.8) is 0 Å². The molecule has 0 saturated heterocycles. The summed E-state index contributed by atoms with van der Waals surface area (Å²) in [6.45, 7) is -0.0524. The van der Waals surface area contributed by atoms with Gasteiger partial charge >= 0.3 is 0 Å². The lowest BCUT2D eigenvalue weighted by molar-refractivity contribution is 0.568. The highest BCUT2D eigenvalue weighted by Gasteiger charge is 2.21. The first kappa shape index (κ1) is 13.3. The normalized spacial score (nSPS) is 12.2. The van der Waals surface area contributed by atoms with E-state index in [0.29, 0.717) is 5.69 Å². The summed E-state index contributed by atoms with van der Waals surface area (Å²) in [6.07, 6.45) is 8.02. The molecular formula is C10H12N4O2S. The third-order valence-electron chi connectivity index (χ3n) is 1.90. The van der Waals surface area contributed by atoms with Gasteiger partial charge in [-0.05, 0) is 11.8 Å². The second kappa shape index (κ2) is 6.06. The minimum atomic E-state index is -3.61. The summed E-state index contributed by atoms with van der Waals surface area (Å²) in [5.74, 6) is 6.83. The van der Waals surface area contributed by atoms with E-state index < -0.39 is 15.4 Å². The smallest absolute Gasteiger partial charge is 0.228 e. The number of aromatic nitrogens is 2. The summed E-state index contributed by atoms with van der Waals surface area (Å²) in [5, 5.41) is -1.06. The molecule has 1 rings (SSSR count). The van der Waals surface area contributed by atoms with Gasteiger partial charge in [-0.15, -0.1) is 6.42 Å². The average molecular weight is 252 g/mol. The van der Waals surface area contributed by atoms with E-state index in [9.17, 15) is 8.42 Å². The molecule has 1 aromatic rings. The summed E-state index contributed by atoms with van der Waals surface area (Å²) < 4.78 is 25.5. The fraction of sp³-hybridized carbons (Fsp3) is 0.300. The molecule has 0 saturated carbocycles. The number of imidazole rings is 1. The van der Waals surface area contributed by atoms with Gasteiger partial charge in [-0.2, -0.15) is 0 Å². The van der Waals surface area contributed by atoms with Crippen molar-refractivity contribution in [1.29, 1.82) is 0 Å². The first-order valence-electron chi connectivity index (χ1n) is 4.71. The van der Waals surface area contributed by atoms with Crippen LogP contribution < -0.4 is 10.5 Å². The number of sulfonamides is 1. The topological polar surface area (TPSA) is 101 Å². The summed E-state index contributed by atoms with van der Waals surface area (Å²) >= 11 is 0. The highest BCUT2D eigenvalue weighted by atomic mass is 32.2. The van der Waals surface area contributed by atoms with Gasteiger partial charge in [0.05, 0.1) is 12.9 Å². The Bertz CT molecular complexity index is 545. The van der Waals surface area contributed by atoms with Crippen LogP contribution in [0.15, 0.2) is 12.5 Å². The lowest BCUT2D eigenvalue weighted by Crippen LogP contribution is -2.41. The molecule has 4 N–H and O–H groups in total. The Morgan fingerprint density at radius 1 is 1.65 bits per heavy atom. The minimum absolute atomic E-state index is 0.0524. The van der Waals surface area contributed by atoms with Crippen LogP contribution in [0.3, 0.4) is 0 Å². The van der Waals surface area contributed by atoms with Gasteiger partial charge < -0.3 is 10.7 Å². The Labute approximate surface area is 100 Å². The zero-order chi connectivity index (χ0) is 12.7. The van der Waals surface area contributed by atoms with E-state index in [1.54, 1.807) is 0 Å². The molecule has 17 heavy (non-hydrogen) atoms. The lowest BCUT2D eigenvalue weighted by atomic mass is 10.3. The van der Waals surface area contributed by atoms with E-state index in [-0.39, 0.29) is 13.0 Å². The van der Waals surface area contributed by atoms with Crippen molar-refractivity contribution >= 4 is 10.0 Å². The van der Waals surface area contributed by atoms with Crippen molar-refractivity contribution in [2.45, 2.75) is 11.8 Å². The number of hydrogen-bond acceptors (Lipinski definition) is 4. The van der Waals surface area contributed by atoms with Gasteiger partial charge in [-0.3, -0.25) is 0 Å². The van der Waals surface area contributed by atoms with Crippen molar-refractivity contribution in [2.75, 3.05) is 6.54 Å². The van der Waals surface area contributed by atoms with Crippen LogP contribution in [-0.4, -0.2) is 30.3 Å². The Morgan fingerprint density at radius 3 is 3.00 bits per heavy atom. The van der Waals surface area contributed by atoms with Gasteiger partial charge in [0.15, 0.2) is 0 Å². The van der Waals surface area contributed by atoms with Gasteiger partial charge in [-0.1, -0.05) is 5.92 Å². The fourth-order valence-electron chi connectivity index (χ4n) is 1.06. The van der Waals surface area contributed by atoms with E-state index in [1.807, 2.05) is 0 Å². The number of nitrogens with zero attached hydrogens (tertiary/aromatic N) is 1. The van der Waals surface area contributed by atoms with Crippen LogP contribution in [0.4, 0.5) is 0 Å². The molecule has 0 aliphatic heterocycles. The van der Waals surface area contributed by atoms with Gasteiger partial charge in [0, 0.05) is 18.3 Å². The maximum absolute atomic E-state index is 11.6. The minimum Gasteiger partial charge on any atom is -0.348 e. The molecule has 0 aliphatic carbocycles. The quantitative estimate of drug-likeness (QED) is 0.572. The van der Waals surface area contributed by atoms with Gasteiger partial charge in [-0.25, -0.2) is 18.1 Å². The number of H-pyrrole nitrogens is 1. The standard InChI is InChI=1S/C10H12N4O2S/c1-2-3-4-5-14-17(15,16)10(11)6-9-7-12-8-13-9/h1,7-8,10,14H,5-6,11H2,(H,12,13). The van der Waals surface area contributed by atoms with Crippen molar-refractivity contribution in [1.82, 2.24) is 14.7 Å². The summed E-state index contributed by atoms with van der Waals surface area (Å²) in [5.41, 5.74) is 6.22. The summed E-state index contributed by atoms with van der Waals surface area (Å²) in [4.78, 5) is 6.55. The van der Waals surface area contributed by atoms with Gasteiger partial charge in [0.1, 0.15) is 5.37 Å². The van der Waals surface area contributed by atoms with E-state index >= 15 is 0 Å². The van der Waals surface area contributed by atoms with Gasteiger partial charge in [0.2, 0.25) is 10.0 Å². The molecule has 1 aromatic heterocycles. The summed E-state index contributed by atoms with van der Waals surface area (Å²) in [6, 6.07) is 0. The molecule has 0 bridgehead atoms. The molecule has 7 heteroatoms. The van der Waals surface area contributed by atoms with Crippen LogP contribution in [0.25, 0.3) is 0 Å². The predicted molar refractivity (Wildman–Crippen MR) is 63.8 cm³/mol. The summed E-state index contributed by atoms with van der Waals surface area (Å²) in [7, 11) is -3.61. The monoisotopic (exact) mass is 252 g/mol. The van der Waals surface area contributed by atoms with Crippen LogP contribution in [-0.2, 0) is 16.4 Å². The second-order valence-electron chi connectivity index (χ2n) is 3.13. The van der Waals surface area contributed by atoms with Crippen molar-refractivity contribution in [2.24, 2.45) is 5.73 Å². The van der Waals surface area contributed by atoms with Gasteiger partial charge in [0.25, 0.3) is 0 Å². The van der Waals surface area contributed by atoms with Crippen LogP contribution in [0.1, 0.15) is 5.69 Å². The Balaban J connectivity index is 2.55. The number of nitrogens with two attached hydrogens (primary N) is 1. The van der Waals surface area contributed by atoms with E-state index in [2.05, 4.69) is 32.5 Å². The molecule has 90 valence electrons. The zero-order valence-electron chi connectivity index (χ0n) is 8.97. The number of nitrogens with one attached hydrogen (secondary N) is 2. The van der Waals surface area contributed by atoms with Crippen molar-refractivity contribution < 1.29 is 8.42 Å². The molecule has 6 nitrogen and oxygen atoms in total. The van der Waals surface area contributed by atoms with Crippen molar-refractivity contribution in [3.8, 4) is 24.2 Å². The predicted octanol–water partition coefficient (Wildman–Crippen LogP) is -1.21. The third-order valence-corrected chi connectivity index (χ3v) is 3.41. The molecule has 1 unspecified atom stereocenters.